The van der Waals surface area contributed by atoms with Crippen LogP contribution in [-0.4, -0.2) is 25.0 Å². The number of methoxy groups -OCH3 is 1. The van der Waals surface area contributed by atoms with E-state index in [1.165, 1.54) is 23.8 Å². The number of nitrogens with one attached hydrogen (secondary N) is 1. The molecule has 3 rings (SSSR count). The van der Waals surface area contributed by atoms with E-state index >= 15 is 0 Å². The van der Waals surface area contributed by atoms with Gasteiger partial charge in [0.05, 0.1) is 7.11 Å². The number of amides is 1. The molecule has 1 N–H and O–H groups in total. The zero-order valence-electron chi connectivity index (χ0n) is 19.6. The molecule has 2 aliphatic rings. The highest BCUT2D eigenvalue weighted by Crippen LogP contribution is 2.54. The summed E-state index contributed by atoms with van der Waals surface area (Å²) >= 11 is 0. The van der Waals surface area contributed by atoms with Crippen LogP contribution >= 0.6 is 0 Å². The smallest absolute Gasteiger partial charge is 0.328 e. The summed E-state index contributed by atoms with van der Waals surface area (Å²) < 4.78 is 4.99. The van der Waals surface area contributed by atoms with Gasteiger partial charge in [0.25, 0.3) is 0 Å². The number of rotatable bonds is 6. The van der Waals surface area contributed by atoms with Crippen LogP contribution in [0.4, 0.5) is 0 Å². The first-order chi connectivity index (χ1) is 14.2. The third kappa shape index (κ3) is 4.15. The van der Waals surface area contributed by atoms with Crippen LogP contribution in [-0.2, 0) is 20.7 Å². The minimum Gasteiger partial charge on any atom is -0.467 e. The number of esters is 1. The highest BCUT2D eigenvalue weighted by molar-refractivity contribution is 5.88. The predicted molar refractivity (Wildman–Crippen MR) is 120 cm³/mol. The number of ether oxygens (including phenoxy) is 1. The van der Waals surface area contributed by atoms with Crippen molar-refractivity contribution in [3.8, 4) is 0 Å². The van der Waals surface area contributed by atoms with E-state index in [2.05, 4.69) is 44.3 Å². The Hall–Kier alpha value is -1.84. The standard InChI is InChI=1S/C26H39NO3/c1-7-17(4)23(24(28)30-6)27-25(29)26(5)14-8-9-21-20-12-10-18(16(2)3)15-19(20)11-13-22(21)26/h10,12,15-17,21-23H,7-9,11,13-14H2,1-6H3,(H,27,29)/t17?,21-,22-,23+,26-/m1/s1. The first-order valence-electron chi connectivity index (χ1n) is 11.7. The molecule has 0 spiro atoms. The quantitative estimate of drug-likeness (QED) is 0.640. The third-order valence-corrected chi connectivity index (χ3v) is 7.95. The molecule has 0 saturated heterocycles. The van der Waals surface area contributed by atoms with Gasteiger partial charge in [-0.15, -0.1) is 0 Å². The Morgan fingerprint density at radius 2 is 1.97 bits per heavy atom. The normalized spacial score (nSPS) is 27.6. The zero-order valence-corrected chi connectivity index (χ0v) is 19.6. The fourth-order valence-corrected chi connectivity index (χ4v) is 5.67. The molecule has 5 atom stereocenters. The van der Waals surface area contributed by atoms with Gasteiger partial charge in [-0.2, -0.15) is 0 Å². The summed E-state index contributed by atoms with van der Waals surface area (Å²) in [5.41, 5.74) is 3.87. The number of aryl methyl sites for hydroxylation is 1. The molecule has 1 aromatic rings. The molecule has 1 saturated carbocycles. The highest BCUT2D eigenvalue weighted by atomic mass is 16.5. The largest absolute Gasteiger partial charge is 0.467 e. The third-order valence-electron chi connectivity index (χ3n) is 7.95. The molecule has 1 fully saturated rings. The van der Waals surface area contributed by atoms with Crippen LogP contribution in [0.3, 0.4) is 0 Å². The lowest BCUT2D eigenvalue weighted by atomic mass is 9.56. The maximum atomic E-state index is 13.6. The first kappa shape index (κ1) is 22.8. The maximum absolute atomic E-state index is 13.6. The fraction of sp³-hybridized carbons (Fsp3) is 0.692. The van der Waals surface area contributed by atoms with Crippen molar-refractivity contribution in [2.24, 2.45) is 17.3 Å². The average Bonchev–Trinajstić information content (AvgIpc) is 2.75. The van der Waals surface area contributed by atoms with E-state index in [1.807, 2.05) is 13.8 Å². The molecule has 0 aliphatic heterocycles. The second-order valence-corrected chi connectivity index (χ2v) is 10.0. The number of hydrogen-bond donors (Lipinski definition) is 1. The van der Waals surface area contributed by atoms with Crippen molar-refractivity contribution in [3.63, 3.8) is 0 Å². The van der Waals surface area contributed by atoms with E-state index < -0.39 is 11.5 Å². The molecule has 0 heterocycles. The van der Waals surface area contributed by atoms with Gasteiger partial charge in [0, 0.05) is 5.41 Å². The summed E-state index contributed by atoms with van der Waals surface area (Å²) in [5.74, 6) is 1.01. The molecular weight excluding hydrogens is 374 g/mol. The summed E-state index contributed by atoms with van der Waals surface area (Å²) in [7, 11) is 1.39. The Kier molecular flexibility index (Phi) is 6.94. The van der Waals surface area contributed by atoms with Gasteiger partial charge in [0.2, 0.25) is 5.91 Å². The second-order valence-electron chi connectivity index (χ2n) is 10.0. The van der Waals surface area contributed by atoms with Crippen molar-refractivity contribution in [1.29, 1.82) is 0 Å². The second kappa shape index (κ2) is 9.11. The molecule has 0 aromatic heterocycles. The Labute approximate surface area is 182 Å². The van der Waals surface area contributed by atoms with Gasteiger partial charge in [-0.3, -0.25) is 4.79 Å². The molecular formula is C26H39NO3. The molecule has 0 radical (unpaired) electrons. The van der Waals surface area contributed by atoms with Crippen LogP contribution in [0.2, 0.25) is 0 Å². The van der Waals surface area contributed by atoms with Crippen molar-refractivity contribution < 1.29 is 14.3 Å². The van der Waals surface area contributed by atoms with Gasteiger partial charge in [0.15, 0.2) is 0 Å². The van der Waals surface area contributed by atoms with E-state index in [0.29, 0.717) is 17.8 Å². The zero-order chi connectivity index (χ0) is 22.1. The minimum absolute atomic E-state index is 0.0233. The average molecular weight is 414 g/mol. The van der Waals surface area contributed by atoms with Crippen molar-refractivity contribution in [2.75, 3.05) is 7.11 Å². The van der Waals surface area contributed by atoms with Crippen molar-refractivity contribution in [3.05, 3.63) is 34.9 Å². The van der Waals surface area contributed by atoms with Crippen molar-refractivity contribution in [1.82, 2.24) is 5.32 Å². The van der Waals surface area contributed by atoms with E-state index in [-0.39, 0.29) is 17.8 Å². The minimum atomic E-state index is -0.575. The molecule has 0 bridgehead atoms. The Morgan fingerprint density at radius 3 is 2.60 bits per heavy atom. The lowest BCUT2D eigenvalue weighted by Gasteiger charge is -2.48. The summed E-state index contributed by atoms with van der Waals surface area (Å²) in [6.07, 6.45) is 5.96. The van der Waals surface area contributed by atoms with Gasteiger partial charge in [-0.25, -0.2) is 4.79 Å². The summed E-state index contributed by atoms with van der Waals surface area (Å²) in [6, 6.07) is 6.41. The number of hydrogen-bond acceptors (Lipinski definition) is 3. The van der Waals surface area contributed by atoms with E-state index in [4.69, 9.17) is 4.74 Å². The molecule has 1 aromatic carbocycles. The molecule has 1 amide bonds. The fourth-order valence-electron chi connectivity index (χ4n) is 5.67. The van der Waals surface area contributed by atoms with E-state index in [0.717, 1.165) is 38.5 Å². The Bertz CT molecular complexity index is 786. The van der Waals surface area contributed by atoms with Gasteiger partial charge < -0.3 is 10.1 Å². The van der Waals surface area contributed by atoms with Crippen LogP contribution in [0.25, 0.3) is 0 Å². The number of carbonyl (C=O) groups is 2. The van der Waals surface area contributed by atoms with Crippen LogP contribution in [0, 0.1) is 17.3 Å². The van der Waals surface area contributed by atoms with Crippen molar-refractivity contribution >= 4 is 11.9 Å². The van der Waals surface area contributed by atoms with Gasteiger partial charge in [-0.05, 0) is 66.0 Å². The summed E-state index contributed by atoms with van der Waals surface area (Å²) in [5, 5.41) is 3.10. The highest BCUT2D eigenvalue weighted by Gasteiger charge is 2.50. The first-order valence-corrected chi connectivity index (χ1v) is 11.7. The number of benzene rings is 1. The molecule has 1 unspecified atom stereocenters. The molecule has 30 heavy (non-hydrogen) atoms. The molecule has 4 nitrogen and oxygen atoms in total. The van der Waals surface area contributed by atoms with Crippen LogP contribution < -0.4 is 5.32 Å². The lowest BCUT2D eigenvalue weighted by Crippen LogP contribution is -2.54. The van der Waals surface area contributed by atoms with Gasteiger partial charge in [-0.1, -0.05) is 65.7 Å². The molecule has 4 heteroatoms. The number of carbonyl (C=O) groups excluding carboxylic acids is 2. The molecule has 2 aliphatic carbocycles. The lowest BCUT2D eigenvalue weighted by molar-refractivity contribution is -0.149. The van der Waals surface area contributed by atoms with Crippen LogP contribution in [0.5, 0.6) is 0 Å². The Morgan fingerprint density at radius 1 is 1.23 bits per heavy atom. The summed E-state index contributed by atoms with van der Waals surface area (Å²) in [4.78, 5) is 25.9. The topological polar surface area (TPSA) is 55.4 Å². The monoisotopic (exact) mass is 413 g/mol. The van der Waals surface area contributed by atoms with Gasteiger partial charge >= 0.3 is 5.97 Å². The summed E-state index contributed by atoms with van der Waals surface area (Å²) in [6.45, 7) is 10.6. The van der Waals surface area contributed by atoms with Crippen molar-refractivity contribution in [2.45, 2.75) is 91.0 Å². The van der Waals surface area contributed by atoms with Crippen LogP contribution in [0.1, 0.15) is 95.2 Å². The predicted octanol–water partition coefficient (Wildman–Crippen LogP) is 5.35. The Balaban J connectivity index is 1.86. The van der Waals surface area contributed by atoms with E-state index in [9.17, 15) is 9.59 Å². The number of fused-ring (bicyclic) bond motifs is 3. The van der Waals surface area contributed by atoms with Gasteiger partial charge in [0.1, 0.15) is 6.04 Å². The maximum Gasteiger partial charge on any atom is 0.328 e. The SMILES string of the molecule is CCC(C)[C@H](NC(=O)[C@]1(C)CCC[C@@H]2c3ccc(C(C)C)cc3CC[C@H]21)C(=O)OC. The van der Waals surface area contributed by atoms with E-state index in [1.54, 1.807) is 0 Å². The molecule has 166 valence electrons. The van der Waals surface area contributed by atoms with Crippen LogP contribution in [0.15, 0.2) is 18.2 Å².